The Balaban J connectivity index is 3.07. The van der Waals surface area contributed by atoms with Crippen LogP contribution in [0, 0.1) is 0 Å². The van der Waals surface area contributed by atoms with E-state index in [0.717, 1.165) is 83.1 Å². The van der Waals surface area contributed by atoms with Gasteiger partial charge in [-0.1, -0.05) is 0 Å². The number of hydrogen-bond acceptors (Lipinski definition) is 28. The smallest absolute Gasteiger partial charge is 0.303 e. The zero-order valence-electron chi connectivity index (χ0n) is 40.3. The van der Waals surface area contributed by atoms with E-state index in [0.29, 0.717) is 0 Å². The molecule has 0 radical (unpaired) electrons. The third-order valence-corrected chi connectivity index (χ3v) is 9.07. The summed E-state index contributed by atoms with van der Waals surface area (Å²) in [5.74, 6) is -12.2. The van der Waals surface area contributed by atoms with E-state index in [1.54, 1.807) is 0 Å². The van der Waals surface area contributed by atoms with Crippen LogP contribution in [0.3, 0.4) is 0 Å². The summed E-state index contributed by atoms with van der Waals surface area (Å²) in [6.45, 7) is 8.01. The highest BCUT2D eigenvalue weighted by molar-refractivity contribution is 5.71. The van der Waals surface area contributed by atoms with Gasteiger partial charge in [-0.15, -0.1) is 0 Å². The maximum absolute atomic E-state index is 13.0. The molecule has 2 rings (SSSR count). The van der Waals surface area contributed by atoms with Gasteiger partial charge in [-0.05, 0) is 0 Å². The van der Waals surface area contributed by atoms with Crippen molar-refractivity contribution in [3.63, 3.8) is 0 Å². The van der Waals surface area contributed by atoms with E-state index in [1.807, 2.05) is 0 Å². The van der Waals surface area contributed by atoms with E-state index in [1.165, 1.54) is 0 Å². The molecule has 0 aromatic rings. The average molecular weight is 1010 g/mol. The van der Waals surface area contributed by atoms with E-state index in [4.69, 9.17) is 75.8 Å². The fourth-order valence-corrected chi connectivity index (χ4v) is 6.88. The molecule has 0 aromatic carbocycles. The number of hydrogen-bond donors (Lipinski definition) is 0. The highest BCUT2D eigenvalue weighted by Gasteiger charge is 2.59. The molecule has 2 aliphatic rings. The summed E-state index contributed by atoms with van der Waals surface area (Å²) < 4.78 is 89.8. The van der Waals surface area contributed by atoms with Gasteiger partial charge in [0.25, 0.3) is 0 Å². The van der Waals surface area contributed by atoms with Gasteiger partial charge in [0, 0.05) is 83.1 Å². The van der Waals surface area contributed by atoms with Crippen LogP contribution in [-0.2, 0) is 133 Å². The van der Waals surface area contributed by atoms with Crippen LogP contribution in [0.4, 0.5) is 0 Å². The van der Waals surface area contributed by atoms with Crippen LogP contribution in [0.15, 0.2) is 0 Å². The van der Waals surface area contributed by atoms with Crippen molar-refractivity contribution in [2.45, 2.75) is 169 Å². The Labute approximate surface area is 399 Å². The first-order chi connectivity index (χ1) is 32.6. The Morgan fingerprint density at radius 2 is 0.671 bits per heavy atom. The number of ether oxygens (including phenoxy) is 16. The maximum Gasteiger partial charge on any atom is 0.303 e. The average Bonchev–Trinajstić information content (AvgIpc) is 3.20. The topological polar surface area (TPSA) is 353 Å². The number of carbonyl (C=O) groups excluding carboxylic acids is 12. The van der Waals surface area contributed by atoms with Crippen molar-refractivity contribution in [1.29, 1.82) is 0 Å². The van der Waals surface area contributed by atoms with Gasteiger partial charge in [0.15, 0.2) is 61.4 Å². The van der Waals surface area contributed by atoms with Gasteiger partial charge in [0.2, 0.25) is 0 Å². The molecule has 28 heteroatoms. The molecule has 394 valence electrons. The molecule has 0 spiro atoms. The minimum atomic E-state index is -2.20. The normalized spacial score (nSPS) is 25.5. The second-order valence-corrected chi connectivity index (χ2v) is 15.2. The van der Waals surface area contributed by atoms with Crippen molar-refractivity contribution >= 4 is 71.6 Å². The van der Waals surface area contributed by atoms with Crippen LogP contribution < -0.4 is 0 Å². The summed E-state index contributed by atoms with van der Waals surface area (Å²) in [5.41, 5.74) is 0. The lowest BCUT2D eigenvalue weighted by Crippen LogP contribution is -2.68. The summed E-state index contributed by atoms with van der Waals surface area (Å²) in [4.78, 5) is 150. The van der Waals surface area contributed by atoms with Crippen LogP contribution in [-0.4, -0.2) is 184 Å². The first-order valence-electron chi connectivity index (χ1n) is 21.1. The Hall–Kier alpha value is -6.52. The second-order valence-electron chi connectivity index (χ2n) is 15.2. The number of carbonyl (C=O) groups is 12. The first-order valence-corrected chi connectivity index (χ1v) is 21.1. The Kier molecular flexibility index (Phi) is 24.0. The van der Waals surface area contributed by atoms with E-state index in [9.17, 15) is 57.5 Å². The summed E-state index contributed by atoms with van der Waals surface area (Å²) in [7, 11) is 0. The SMILES string of the molecule is CC(=O)OCC1O[C@H](O[C@H]2C(COC(C)=O)O[C@@H](O[C@@H]([C@H](OC(C)=O)[C@H](COC(C)=O)OC(C)=O)[C@H](COC(C)=O)OC(C)=O)[C@@H](OC(C)=O)C2OC(C)=O)[C@@H](OC(C)=O)C(OC(C)=O)[C@H]1OC(C)=O. The summed E-state index contributed by atoms with van der Waals surface area (Å²) in [5, 5.41) is 0. The minimum absolute atomic E-state index is 0.720. The highest BCUT2D eigenvalue weighted by atomic mass is 16.8. The summed E-state index contributed by atoms with van der Waals surface area (Å²) in [6, 6.07) is 0. The van der Waals surface area contributed by atoms with Crippen LogP contribution in [0.1, 0.15) is 83.1 Å². The zero-order chi connectivity index (χ0) is 53.2. The predicted molar refractivity (Wildman–Crippen MR) is 218 cm³/mol. The van der Waals surface area contributed by atoms with Crippen molar-refractivity contribution in [3.8, 4) is 0 Å². The van der Waals surface area contributed by atoms with Crippen LogP contribution in [0.25, 0.3) is 0 Å². The van der Waals surface area contributed by atoms with Gasteiger partial charge >= 0.3 is 71.6 Å². The van der Waals surface area contributed by atoms with Crippen molar-refractivity contribution in [2.75, 3.05) is 26.4 Å². The molecular formula is C42H58O28. The molecule has 2 heterocycles. The van der Waals surface area contributed by atoms with Gasteiger partial charge in [-0.25, -0.2) is 0 Å². The predicted octanol–water partition coefficient (Wildman–Crippen LogP) is -1.09. The van der Waals surface area contributed by atoms with Crippen molar-refractivity contribution in [1.82, 2.24) is 0 Å². The maximum atomic E-state index is 13.0. The zero-order valence-corrected chi connectivity index (χ0v) is 40.3. The lowest BCUT2D eigenvalue weighted by atomic mass is 9.95. The Bertz CT molecular complexity index is 1910. The molecule has 4 unspecified atom stereocenters. The van der Waals surface area contributed by atoms with Gasteiger partial charge in [-0.3, -0.25) is 57.5 Å². The summed E-state index contributed by atoms with van der Waals surface area (Å²) in [6.07, 6.45) is -27.0. The van der Waals surface area contributed by atoms with E-state index in [2.05, 4.69) is 0 Å². The van der Waals surface area contributed by atoms with Crippen LogP contribution in [0.5, 0.6) is 0 Å². The van der Waals surface area contributed by atoms with Gasteiger partial charge in [-0.2, -0.15) is 0 Å². The lowest BCUT2D eigenvalue weighted by Gasteiger charge is -2.49. The standard InChI is InChI=1S/C42H58O28/c1-17(43)55-13-29(59-21(5)47)33(61-23(7)49)34(30(60-22(6)48)14-56-18(2)44)69-41-40(66-28(12)54)38(64-26(10)52)36(32(68-41)16-58-20(4)46)70-42-39(65-27(11)53)37(63-25(9)51)35(62-24(8)50)31(67-42)15-57-19(3)45/h29-42H,13-16H2,1-12H3/t29-,30-,31?,32?,33+,34+,35-,36-,37?,38?,39-,40-,41-,42+/m0/s1. The lowest BCUT2D eigenvalue weighted by molar-refractivity contribution is -0.369. The monoisotopic (exact) mass is 1010 g/mol. The van der Waals surface area contributed by atoms with Crippen LogP contribution in [0.2, 0.25) is 0 Å². The number of esters is 12. The van der Waals surface area contributed by atoms with Crippen molar-refractivity contribution in [2.24, 2.45) is 0 Å². The molecule has 2 fully saturated rings. The van der Waals surface area contributed by atoms with E-state index < -0.39 is 184 Å². The van der Waals surface area contributed by atoms with E-state index >= 15 is 0 Å². The molecule has 14 atom stereocenters. The molecule has 0 bridgehead atoms. The molecule has 0 amide bonds. The second kappa shape index (κ2) is 28.2. The van der Waals surface area contributed by atoms with Gasteiger partial charge < -0.3 is 75.8 Å². The first kappa shape index (κ1) is 59.6. The molecule has 2 saturated heterocycles. The third-order valence-electron chi connectivity index (χ3n) is 9.07. The largest absolute Gasteiger partial charge is 0.463 e. The number of rotatable bonds is 23. The van der Waals surface area contributed by atoms with Crippen LogP contribution >= 0.6 is 0 Å². The van der Waals surface area contributed by atoms with Gasteiger partial charge in [0.05, 0.1) is 0 Å². The molecule has 0 aliphatic carbocycles. The molecule has 70 heavy (non-hydrogen) atoms. The van der Waals surface area contributed by atoms with E-state index in [-0.39, 0.29) is 0 Å². The Morgan fingerprint density at radius 3 is 1.06 bits per heavy atom. The van der Waals surface area contributed by atoms with Crippen molar-refractivity contribution in [3.05, 3.63) is 0 Å². The highest BCUT2D eigenvalue weighted by Crippen LogP contribution is 2.37. The molecule has 0 N–H and O–H groups in total. The Morgan fingerprint density at radius 1 is 0.343 bits per heavy atom. The molecule has 2 aliphatic heterocycles. The fraction of sp³-hybridized carbons (Fsp3) is 0.714. The molecule has 0 saturated carbocycles. The van der Waals surface area contributed by atoms with Gasteiger partial charge in [0.1, 0.15) is 50.8 Å². The molecular weight excluding hydrogens is 952 g/mol. The minimum Gasteiger partial charge on any atom is -0.463 e. The molecule has 28 nitrogen and oxygen atoms in total. The third kappa shape index (κ3) is 20.2. The quantitative estimate of drug-likeness (QED) is 0.0867. The summed E-state index contributed by atoms with van der Waals surface area (Å²) >= 11 is 0. The van der Waals surface area contributed by atoms with Crippen molar-refractivity contribution < 1.29 is 133 Å². The molecule has 0 aromatic heterocycles. The fourth-order valence-electron chi connectivity index (χ4n) is 6.88.